The minimum absolute atomic E-state index is 0.0400. The maximum absolute atomic E-state index is 13.3. The first-order valence-electron chi connectivity index (χ1n) is 12.5. The Hall–Kier alpha value is -3.11. The molecule has 0 aliphatic carbocycles. The summed E-state index contributed by atoms with van der Waals surface area (Å²) in [4.78, 5) is 18.3. The summed E-state index contributed by atoms with van der Waals surface area (Å²) in [6, 6.07) is 29.1. The lowest BCUT2D eigenvalue weighted by atomic mass is 9.72. The molecular weight excluding hydrogens is 420 g/mol. The van der Waals surface area contributed by atoms with Crippen LogP contribution in [0.15, 0.2) is 84.9 Å². The molecule has 0 saturated carbocycles. The Labute approximate surface area is 203 Å². The first-order chi connectivity index (χ1) is 16.6. The summed E-state index contributed by atoms with van der Waals surface area (Å²) >= 11 is 0. The average molecular weight is 455 g/mol. The molecule has 2 fully saturated rings. The molecule has 2 heterocycles. The predicted octanol–water partition coefficient (Wildman–Crippen LogP) is 5.20. The molecule has 4 heteroatoms. The quantitative estimate of drug-likeness (QED) is 0.460. The minimum Gasteiger partial charge on any atom is -0.461 e. The summed E-state index contributed by atoms with van der Waals surface area (Å²) in [7, 11) is 0. The molecule has 0 spiro atoms. The molecule has 2 aliphatic heterocycles. The fourth-order valence-corrected chi connectivity index (χ4v) is 5.49. The van der Waals surface area contributed by atoms with E-state index in [1.54, 1.807) is 0 Å². The Bertz CT molecular complexity index is 1030. The van der Waals surface area contributed by atoms with Gasteiger partial charge in [0, 0.05) is 38.3 Å². The zero-order valence-corrected chi connectivity index (χ0v) is 20.0. The van der Waals surface area contributed by atoms with Gasteiger partial charge in [-0.25, -0.2) is 0 Å². The molecule has 176 valence electrons. The lowest BCUT2D eigenvalue weighted by Crippen LogP contribution is -2.46. The van der Waals surface area contributed by atoms with E-state index < -0.39 is 5.41 Å². The fourth-order valence-electron chi connectivity index (χ4n) is 5.49. The molecule has 0 amide bonds. The molecule has 3 aromatic rings. The number of piperazine rings is 1. The molecule has 5 rings (SSSR count). The van der Waals surface area contributed by atoms with E-state index in [1.165, 1.54) is 11.3 Å². The topological polar surface area (TPSA) is 32.8 Å². The van der Waals surface area contributed by atoms with Crippen molar-refractivity contribution in [1.82, 2.24) is 4.90 Å². The van der Waals surface area contributed by atoms with E-state index in [-0.39, 0.29) is 12.1 Å². The van der Waals surface area contributed by atoms with Gasteiger partial charge >= 0.3 is 5.97 Å². The van der Waals surface area contributed by atoms with E-state index in [4.69, 9.17) is 4.74 Å². The molecule has 0 radical (unpaired) electrons. The number of cyclic esters (lactones) is 1. The molecule has 0 N–H and O–H groups in total. The fraction of sp³-hybridized carbons (Fsp3) is 0.367. The van der Waals surface area contributed by atoms with Crippen LogP contribution in [0.25, 0.3) is 0 Å². The van der Waals surface area contributed by atoms with Gasteiger partial charge in [-0.3, -0.25) is 9.69 Å². The third-order valence-corrected chi connectivity index (χ3v) is 7.46. The number of carbonyl (C=O) groups excluding carboxylic acids is 1. The standard InChI is InChI=1S/C30H34N2O2/c1-24-14-16-27(17-15-24)32-21-19-31(20-22-32)18-8-13-28-23-30(29(33)34-28,25-9-4-2-5-10-25)26-11-6-3-7-12-26/h2-7,9-12,14-17,28H,8,13,18-23H2,1H3/t28-/m0/s1. The summed E-state index contributed by atoms with van der Waals surface area (Å²) in [5.74, 6) is -0.110. The third-order valence-electron chi connectivity index (χ3n) is 7.46. The van der Waals surface area contributed by atoms with E-state index in [0.717, 1.165) is 56.7 Å². The molecule has 4 nitrogen and oxygen atoms in total. The van der Waals surface area contributed by atoms with Crippen molar-refractivity contribution in [3.05, 3.63) is 102 Å². The maximum Gasteiger partial charge on any atom is 0.321 e. The average Bonchev–Trinajstić information content (AvgIpc) is 3.23. The van der Waals surface area contributed by atoms with Crippen molar-refractivity contribution in [2.24, 2.45) is 0 Å². The van der Waals surface area contributed by atoms with E-state index in [2.05, 4.69) is 65.3 Å². The van der Waals surface area contributed by atoms with Crippen LogP contribution in [-0.4, -0.2) is 49.7 Å². The van der Waals surface area contributed by atoms with Crippen LogP contribution in [0.4, 0.5) is 5.69 Å². The van der Waals surface area contributed by atoms with Crippen molar-refractivity contribution in [2.45, 2.75) is 37.7 Å². The van der Waals surface area contributed by atoms with Crippen LogP contribution in [0.3, 0.4) is 0 Å². The number of hydrogen-bond acceptors (Lipinski definition) is 4. The van der Waals surface area contributed by atoms with Crippen LogP contribution in [0.1, 0.15) is 36.0 Å². The second-order valence-electron chi connectivity index (χ2n) is 9.68. The van der Waals surface area contributed by atoms with Gasteiger partial charge in [0.05, 0.1) is 0 Å². The number of anilines is 1. The summed E-state index contributed by atoms with van der Waals surface area (Å²) in [6.45, 7) is 7.47. The maximum atomic E-state index is 13.3. The van der Waals surface area contributed by atoms with Crippen molar-refractivity contribution >= 4 is 11.7 Å². The number of aryl methyl sites for hydroxylation is 1. The lowest BCUT2D eigenvalue weighted by molar-refractivity contribution is -0.144. The van der Waals surface area contributed by atoms with E-state index >= 15 is 0 Å². The van der Waals surface area contributed by atoms with Crippen molar-refractivity contribution in [1.29, 1.82) is 0 Å². The molecular formula is C30H34N2O2. The Morgan fingerprint density at radius 3 is 2.00 bits per heavy atom. The first kappa shape index (κ1) is 22.7. The highest BCUT2D eigenvalue weighted by molar-refractivity contribution is 5.89. The third kappa shape index (κ3) is 4.60. The molecule has 3 aromatic carbocycles. The van der Waals surface area contributed by atoms with E-state index in [1.807, 2.05) is 36.4 Å². The van der Waals surface area contributed by atoms with Crippen molar-refractivity contribution in [3.63, 3.8) is 0 Å². The van der Waals surface area contributed by atoms with Crippen molar-refractivity contribution in [2.75, 3.05) is 37.6 Å². The van der Waals surface area contributed by atoms with Crippen molar-refractivity contribution < 1.29 is 9.53 Å². The van der Waals surface area contributed by atoms with Crippen LogP contribution in [-0.2, 0) is 14.9 Å². The van der Waals surface area contributed by atoms with Gasteiger partial charge in [-0.15, -0.1) is 0 Å². The number of rotatable bonds is 7. The molecule has 2 saturated heterocycles. The Kier molecular flexibility index (Phi) is 6.68. The number of esters is 1. The zero-order valence-electron chi connectivity index (χ0n) is 20.0. The highest BCUT2D eigenvalue weighted by Crippen LogP contribution is 2.44. The highest BCUT2D eigenvalue weighted by atomic mass is 16.6. The molecule has 2 aliphatic rings. The zero-order chi connectivity index (χ0) is 23.4. The van der Waals surface area contributed by atoms with Gasteiger partial charge in [0.2, 0.25) is 0 Å². The van der Waals surface area contributed by atoms with Crippen LogP contribution in [0.2, 0.25) is 0 Å². The monoisotopic (exact) mass is 454 g/mol. The lowest BCUT2D eigenvalue weighted by Gasteiger charge is -2.36. The van der Waals surface area contributed by atoms with Crippen LogP contribution in [0, 0.1) is 6.92 Å². The van der Waals surface area contributed by atoms with Gasteiger partial charge in [0.25, 0.3) is 0 Å². The number of benzene rings is 3. The Balaban J connectivity index is 1.17. The van der Waals surface area contributed by atoms with Crippen LogP contribution >= 0.6 is 0 Å². The molecule has 0 unspecified atom stereocenters. The molecule has 1 atom stereocenters. The van der Waals surface area contributed by atoms with Gasteiger partial charge in [-0.2, -0.15) is 0 Å². The van der Waals surface area contributed by atoms with Gasteiger partial charge in [-0.1, -0.05) is 78.4 Å². The predicted molar refractivity (Wildman–Crippen MR) is 137 cm³/mol. The smallest absolute Gasteiger partial charge is 0.321 e. The number of carbonyl (C=O) groups is 1. The number of hydrogen-bond donors (Lipinski definition) is 0. The summed E-state index contributed by atoms with van der Waals surface area (Å²) in [6.07, 6.45) is 2.62. The molecule has 0 aromatic heterocycles. The van der Waals surface area contributed by atoms with Crippen LogP contribution in [0.5, 0.6) is 0 Å². The minimum atomic E-state index is -0.702. The highest BCUT2D eigenvalue weighted by Gasteiger charge is 2.51. The summed E-state index contributed by atoms with van der Waals surface area (Å²) < 4.78 is 5.99. The van der Waals surface area contributed by atoms with Gasteiger partial charge in [-0.05, 0) is 49.6 Å². The molecule has 34 heavy (non-hydrogen) atoms. The first-order valence-corrected chi connectivity index (χ1v) is 12.5. The second-order valence-corrected chi connectivity index (χ2v) is 9.68. The summed E-state index contributed by atoms with van der Waals surface area (Å²) in [5.41, 5.74) is 3.98. The molecule has 0 bridgehead atoms. The van der Waals surface area contributed by atoms with Gasteiger partial charge < -0.3 is 9.64 Å². The van der Waals surface area contributed by atoms with Gasteiger partial charge in [0.15, 0.2) is 0 Å². The van der Waals surface area contributed by atoms with E-state index in [9.17, 15) is 4.79 Å². The van der Waals surface area contributed by atoms with Gasteiger partial charge in [0.1, 0.15) is 11.5 Å². The normalized spacial score (nSPS) is 20.3. The largest absolute Gasteiger partial charge is 0.461 e. The summed E-state index contributed by atoms with van der Waals surface area (Å²) in [5, 5.41) is 0. The Morgan fingerprint density at radius 2 is 1.41 bits per heavy atom. The Morgan fingerprint density at radius 1 is 0.824 bits per heavy atom. The van der Waals surface area contributed by atoms with Crippen molar-refractivity contribution in [3.8, 4) is 0 Å². The van der Waals surface area contributed by atoms with E-state index in [0.29, 0.717) is 6.42 Å². The number of ether oxygens (including phenoxy) is 1. The number of nitrogens with zero attached hydrogens (tertiary/aromatic N) is 2. The SMILES string of the molecule is Cc1ccc(N2CCN(CCC[C@H]3CC(c4ccccc4)(c4ccccc4)C(=O)O3)CC2)cc1. The second kappa shape index (κ2) is 10.0. The van der Waals surface area contributed by atoms with Crippen LogP contribution < -0.4 is 4.90 Å².